The van der Waals surface area contributed by atoms with E-state index in [9.17, 15) is 4.79 Å². The van der Waals surface area contributed by atoms with Gasteiger partial charge in [-0.05, 0) is 37.1 Å². The Labute approximate surface area is 114 Å². The molecular formula is C15H22N2O2. The van der Waals surface area contributed by atoms with E-state index in [1.54, 1.807) is 0 Å². The minimum absolute atomic E-state index is 0.0877. The first-order chi connectivity index (χ1) is 9.20. The van der Waals surface area contributed by atoms with Crippen molar-refractivity contribution in [3.8, 4) is 0 Å². The van der Waals surface area contributed by atoms with Gasteiger partial charge in [-0.2, -0.15) is 0 Å². The van der Waals surface area contributed by atoms with Gasteiger partial charge in [-0.1, -0.05) is 6.92 Å². The summed E-state index contributed by atoms with van der Waals surface area (Å²) in [6.07, 6.45) is 1.45. The number of amides is 1. The van der Waals surface area contributed by atoms with Crippen LogP contribution in [0.3, 0.4) is 0 Å². The normalized spacial score (nSPS) is 15.4. The number of carbonyl (C=O) groups is 1. The molecule has 1 aromatic carbocycles. The van der Waals surface area contributed by atoms with Gasteiger partial charge in [-0.3, -0.25) is 4.79 Å². The zero-order valence-corrected chi connectivity index (χ0v) is 11.7. The summed E-state index contributed by atoms with van der Waals surface area (Å²) in [6, 6.07) is 6.19. The van der Waals surface area contributed by atoms with E-state index in [4.69, 9.17) is 4.74 Å². The first-order valence-corrected chi connectivity index (χ1v) is 6.94. The van der Waals surface area contributed by atoms with Crippen LogP contribution in [-0.4, -0.2) is 32.2 Å². The topological polar surface area (TPSA) is 41.6 Å². The number of ether oxygens (including phenoxy) is 1. The summed E-state index contributed by atoms with van der Waals surface area (Å²) in [7, 11) is 0. The van der Waals surface area contributed by atoms with E-state index in [-0.39, 0.29) is 5.91 Å². The molecule has 1 heterocycles. The van der Waals surface area contributed by atoms with Crippen molar-refractivity contribution in [3.63, 3.8) is 0 Å². The van der Waals surface area contributed by atoms with E-state index in [1.165, 1.54) is 5.69 Å². The van der Waals surface area contributed by atoms with Gasteiger partial charge in [-0.15, -0.1) is 0 Å². The third-order valence-electron chi connectivity index (χ3n) is 3.34. The van der Waals surface area contributed by atoms with E-state index < -0.39 is 0 Å². The number of hydrogen-bond donors (Lipinski definition) is 1. The summed E-state index contributed by atoms with van der Waals surface area (Å²) >= 11 is 0. The molecule has 0 bridgehead atoms. The molecule has 1 aromatic rings. The summed E-state index contributed by atoms with van der Waals surface area (Å²) in [4.78, 5) is 13.9. The van der Waals surface area contributed by atoms with Gasteiger partial charge in [0.1, 0.15) is 0 Å². The largest absolute Gasteiger partial charge is 0.378 e. The molecule has 0 spiro atoms. The van der Waals surface area contributed by atoms with E-state index in [0.717, 1.165) is 44.0 Å². The van der Waals surface area contributed by atoms with Gasteiger partial charge in [0.25, 0.3) is 0 Å². The molecule has 1 N–H and O–H groups in total. The van der Waals surface area contributed by atoms with Gasteiger partial charge in [0.15, 0.2) is 0 Å². The van der Waals surface area contributed by atoms with E-state index in [0.29, 0.717) is 6.42 Å². The van der Waals surface area contributed by atoms with Crippen LogP contribution in [0.4, 0.5) is 11.4 Å². The second-order valence-corrected chi connectivity index (χ2v) is 4.90. The molecule has 0 aromatic heterocycles. The third kappa shape index (κ3) is 3.70. The maximum absolute atomic E-state index is 11.6. The average molecular weight is 262 g/mol. The van der Waals surface area contributed by atoms with Crippen LogP contribution in [0.2, 0.25) is 0 Å². The number of aryl methyl sites for hydroxylation is 1. The summed E-state index contributed by atoms with van der Waals surface area (Å²) in [5, 5.41) is 2.96. The SMILES string of the molecule is CCCC(=O)Nc1ccc(N2CCOCC2)cc1C. The molecule has 1 amide bonds. The van der Waals surface area contributed by atoms with Crippen LogP contribution in [0.5, 0.6) is 0 Å². The minimum atomic E-state index is 0.0877. The van der Waals surface area contributed by atoms with E-state index in [1.807, 2.05) is 19.9 Å². The lowest BCUT2D eigenvalue weighted by Crippen LogP contribution is -2.36. The number of nitrogens with one attached hydrogen (secondary N) is 1. The van der Waals surface area contributed by atoms with Crippen molar-refractivity contribution in [1.82, 2.24) is 0 Å². The van der Waals surface area contributed by atoms with Gasteiger partial charge in [0.2, 0.25) is 5.91 Å². The van der Waals surface area contributed by atoms with Crippen LogP contribution >= 0.6 is 0 Å². The van der Waals surface area contributed by atoms with Crippen molar-refractivity contribution in [2.24, 2.45) is 0 Å². The van der Waals surface area contributed by atoms with Crippen LogP contribution in [0.1, 0.15) is 25.3 Å². The predicted octanol–water partition coefficient (Wildman–Crippen LogP) is 2.57. The molecule has 0 saturated carbocycles. The smallest absolute Gasteiger partial charge is 0.224 e. The molecule has 0 radical (unpaired) electrons. The molecule has 0 aliphatic carbocycles. The summed E-state index contributed by atoms with van der Waals surface area (Å²) in [5.41, 5.74) is 3.22. The lowest BCUT2D eigenvalue weighted by molar-refractivity contribution is -0.116. The van der Waals surface area contributed by atoms with Crippen molar-refractivity contribution in [3.05, 3.63) is 23.8 Å². The average Bonchev–Trinajstić information content (AvgIpc) is 2.42. The van der Waals surface area contributed by atoms with Crippen molar-refractivity contribution in [2.75, 3.05) is 36.5 Å². The van der Waals surface area contributed by atoms with Crippen LogP contribution in [-0.2, 0) is 9.53 Å². The van der Waals surface area contributed by atoms with Crippen LogP contribution in [0, 0.1) is 6.92 Å². The number of morpholine rings is 1. The first-order valence-electron chi connectivity index (χ1n) is 6.94. The molecule has 4 heteroatoms. The first kappa shape index (κ1) is 13.9. The molecule has 19 heavy (non-hydrogen) atoms. The highest BCUT2D eigenvalue weighted by Crippen LogP contribution is 2.23. The highest BCUT2D eigenvalue weighted by atomic mass is 16.5. The quantitative estimate of drug-likeness (QED) is 0.906. The lowest BCUT2D eigenvalue weighted by atomic mass is 10.1. The van der Waals surface area contributed by atoms with Crippen LogP contribution in [0.15, 0.2) is 18.2 Å². The summed E-state index contributed by atoms with van der Waals surface area (Å²) in [6.45, 7) is 7.48. The number of hydrogen-bond acceptors (Lipinski definition) is 3. The third-order valence-corrected chi connectivity index (χ3v) is 3.34. The number of anilines is 2. The standard InChI is InChI=1S/C15H22N2O2/c1-3-4-15(18)16-14-6-5-13(11-12(14)2)17-7-9-19-10-8-17/h5-6,11H,3-4,7-10H2,1-2H3,(H,16,18). The van der Waals surface area contributed by atoms with Gasteiger partial charge < -0.3 is 15.0 Å². The molecule has 1 aliphatic heterocycles. The summed E-state index contributed by atoms with van der Waals surface area (Å²) in [5.74, 6) is 0.0877. The second kappa shape index (κ2) is 6.57. The maximum atomic E-state index is 11.6. The fourth-order valence-electron chi connectivity index (χ4n) is 2.25. The molecular weight excluding hydrogens is 240 g/mol. The van der Waals surface area contributed by atoms with Crippen molar-refractivity contribution >= 4 is 17.3 Å². The molecule has 1 fully saturated rings. The zero-order chi connectivity index (χ0) is 13.7. The Balaban J connectivity index is 2.05. The second-order valence-electron chi connectivity index (χ2n) is 4.90. The highest BCUT2D eigenvalue weighted by Gasteiger charge is 2.12. The fourth-order valence-corrected chi connectivity index (χ4v) is 2.25. The van der Waals surface area contributed by atoms with Crippen molar-refractivity contribution < 1.29 is 9.53 Å². The molecule has 4 nitrogen and oxygen atoms in total. The monoisotopic (exact) mass is 262 g/mol. The predicted molar refractivity (Wildman–Crippen MR) is 77.7 cm³/mol. The van der Waals surface area contributed by atoms with Gasteiger partial charge in [-0.25, -0.2) is 0 Å². The van der Waals surface area contributed by atoms with Crippen molar-refractivity contribution in [2.45, 2.75) is 26.7 Å². The van der Waals surface area contributed by atoms with Crippen LogP contribution in [0.25, 0.3) is 0 Å². The Kier molecular flexibility index (Phi) is 4.80. The molecule has 104 valence electrons. The minimum Gasteiger partial charge on any atom is -0.378 e. The van der Waals surface area contributed by atoms with Gasteiger partial charge >= 0.3 is 0 Å². The Morgan fingerprint density at radius 2 is 2.11 bits per heavy atom. The van der Waals surface area contributed by atoms with Gasteiger partial charge in [0, 0.05) is 30.9 Å². The Bertz CT molecular complexity index is 440. The van der Waals surface area contributed by atoms with Crippen LogP contribution < -0.4 is 10.2 Å². The Morgan fingerprint density at radius 3 is 2.74 bits per heavy atom. The maximum Gasteiger partial charge on any atom is 0.224 e. The zero-order valence-electron chi connectivity index (χ0n) is 11.7. The molecule has 2 rings (SSSR count). The molecule has 1 aliphatic rings. The number of nitrogens with zero attached hydrogens (tertiary/aromatic N) is 1. The van der Waals surface area contributed by atoms with Crippen molar-refractivity contribution in [1.29, 1.82) is 0 Å². The summed E-state index contributed by atoms with van der Waals surface area (Å²) < 4.78 is 5.36. The fraction of sp³-hybridized carbons (Fsp3) is 0.533. The lowest BCUT2D eigenvalue weighted by Gasteiger charge is -2.29. The Morgan fingerprint density at radius 1 is 1.37 bits per heavy atom. The number of benzene rings is 1. The molecule has 0 atom stereocenters. The van der Waals surface area contributed by atoms with Gasteiger partial charge in [0.05, 0.1) is 13.2 Å². The Hall–Kier alpha value is -1.55. The molecule has 1 saturated heterocycles. The number of carbonyl (C=O) groups excluding carboxylic acids is 1. The van der Waals surface area contributed by atoms with E-state index in [2.05, 4.69) is 22.3 Å². The number of rotatable bonds is 4. The molecule has 0 unspecified atom stereocenters. The highest BCUT2D eigenvalue weighted by molar-refractivity contribution is 5.91. The van der Waals surface area contributed by atoms with E-state index >= 15 is 0 Å².